The third-order valence-electron chi connectivity index (χ3n) is 4.52. The summed E-state index contributed by atoms with van der Waals surface area (Å²) < 4.78 is 6.77. The summed E-state index contributed by atoms with van der Waals surface area (Å²) in [6.45, 7) is 4.52. The predicted molar refractivity (Wildman–Crippen MR) is 104 cm³/mol. The molecule has 0 atom stereocenters. The number of methoxy groups -OCH3 is 1. The first-order chi connectivity index (χ1) is 13.1. The van der Waals surface area contributed by atoms with Crippen molar-refractivity contribution >= 4 is 5.65 Å². The first-order valence-electron chi connectivity index (χ1n) is 8.83. The maximum atomic E-state index is 12.7. The van der Waals surface area contributed by atoms with E-state index < -0.39 is 0 Å². The van der Waals surface area contributed by atoms with Crippen LogP contribution in [0.1, 0.15) is 31.2 Å². The summed E-state index contributed by atoms with van der Waals surface area (Å²) in [6.07, 6.45) is 0. The fourth-order valence-electron chi connectivity index (χ4n) is 3.14. The number of aromatic nitrogens is 5. The molecular formula is C20H21N5O2. The third-order valence-corrected chi connectivity index (χ3v) is 4.52. The summed E-state index contributed by atoms with van der Waals surface area (Å²) in [7, 11) is 1.62. The van der Waals surface area contributed by atoms with Gasteiger partial charge in [-0.05, 0) is 17.5 Å². The minimum Gasteiger partial charge on any atom is -0.378 e. The number of hydrogen-bond donors (Lipinski definition) is 2. The van der Waals surface area contributed by atoms with Crippen molar-refractivity contribution in [2.45, 2.75) is 26.4 Å². The zero-order valence-electron chi connectivity index (χ0n) is 15.5. The molecule has 0 aliphatic rings. The quantitative estimate of drug-likeness (QED) is 0.569. The van der Waals surface area contributed by atoms with E-state index in [1.807, 2.05) is 36.4 Å². The van der Waals surface area contributed by atoms with Gasteiger partial charge >= 0.3 is 0 Å². The molecule has 0 amide bonds. The molecule has 27 heavy (non-hydrogen) atoms. The van der Waals surface area contributed by atoms with E-state index in [9.17, 15) is 4.79 Å². The first-order valence-corrected chi connectivity index (χ1v) is 8.83. The Morgan fingerprint density at radius 1 is 1.15 bits per heavy atom. The van der Waals surface area contributed by atoms with Crippen LogP contribution in [0.5, 0.6) is 0 Å². The molecule has 7 nitrogen and oxygen atoms in total. The van der Waals surface area contributed by atoms with Gasteiger partial charge in [-0.25, -0.2) is 9.50 Å². The molecule has 0 bridgehead atoms. The molecule has 0 aliphatic carbocycles. The average Bonchev–Trinajstić information content (AvgIpc) is 3.28. The standard InChI is InChI=1S/C20H21N5O2/c1-12(2)14-9-16(23-22-14)15-10-18(26)25-20(21-15)19(17(24-25)11-27-3)13-7-5-4-6-8-13/h4-10,12,24H,11H2,1-3H3,(H,22,23). The van der Waals surface area contributed by atoms with Gasteiger partial charge in [-0.15, -0.1) is 0 Å². The minimum atomic E-state index is -0.191. The van der Waals surface area contributed by atoms with Crippen LogP contribution in [-0.4, -0.2) is 31.9 Å². The van der Waals surface area contributed by atoms with Crippen molar-refractivity contribution in [3.8, 4) is 22.5 Å². The van der Waals surface area contributed by atoms with Crippen LogP contribution in [0.2, 0.25) is 0 Å². The Morgan fingerprint density at radius 2 is 1.93 bits per heavy atom. The van der Waals surface area contributed by atoms with Crippen molar-refractivity contribution in [1.82, 2.24) is 24.8 Å². The Bertz CT molecular complexity index is 1140. The van der Waals surface area contributed by atoms with E-state index in [0.29, 0.717) is 29.6 Å². The van der Waals surface area contributed by atoms with Gasteiger partial charge < -0.3 is 4.74 Å². The van der Waals surface area contributed by atoms with E-state index in [-0.39, 0.29) is 5.56 Å². The van der Waals surface area contributed by atoms with Gasteiger partial charge in [0.05, 0.1) is 18.0 Å². The molecule has 0 aliphatic heterocycles. The highest BCUT2D eigenvalue weighted by molar-refractivity contribution is 5.80. The van der Waals surface area contributed by atoms with Crippen molar-refractivity contribution in [1.29, 1.82) is 0 Å². The van der Waals surface area contributed by atoms with E-state index in [2.05, 4.69) is 29.1 Å². The topological polar surface area (TPSA) is 88.1 Å². The second-order valence-corrected chi connectivity index (χ2v) is 6.77. The van der Waals surface area contributed by atoms with Crippen molar-refractivity contribution in [3.63, 3.8) is 0 Å². The van der Waals surface area contributed by atoms with Crippen LogP contribution in [0.15, 0.2) is 47.3 Å². The van der Waals surface area contributed by atoms with E-state index in [0.717, 1.165) is 22.5 Å². The lowest BCUT2D eigenvalue weighted by atomic mass is 10.1. The molecule has 4 rings (SSSR count). The molecule has 0 saturated carbocycles. The molecule has 0 radical (unpaired) electrons. The van der Waals surface area contributed by atoms with E-state index in [1.165, 1.54) is 10.6 Å². The Kier molecular flexibility index (Phi) is 4.37. The van der Waals surface area contributed by atoms with Gasteiger partial charge in [0.1, 0.15) is 5.69 Å². The van der Waals surface area contributed by atoms with Crippen molar-refractivity contribution < 1.29 is 4.74 Å². The predicted octanol–water partition coefficient (Wildman–Crippen LogP) is 3.35. The molecule has 3 aromatic heterocycles. The fraction of sp³-hybridized carbons (Fsp3) is 0.250. The normalized spacial score (nSPS) is 11.6. The number of ether oxygens (including phenoxy) is 1. The van der Waals surface area contributed by atoms with Gasteiger partial charge in [-0.3, -0.25) is 15.0 Å². The summed E-state index contributed by atoms with van der Waals surface area (Å²) in [6, 6.07) is 13.3. The molecule has 3 heterocycles. The highest BCUT2D eigenvalue weighted by Gasteiger charge is 2.18. The van der Waals surface area contributed by atoms with Crippen LogP contribution in [0.4, 0.5) is 0 Å². The number of benzene rings is 1. The molecule has 0 fully saturated rings. The summed E-state index contributed by atoms with van der Waals surface area (Å²) in [5.41, 5.74) is 5.21. The lowest BCUT2D eigenvalue weighted by Crippen LogP contribution is -2.14. The molecule has 0 saturated heterocycles. The van der Waals surface area contributed by atoms with Crippen LogP contribution in [0.25, 0.3) is 28.2 Å². The number of fused-ring (bicyclic) bond motifs is 1. The summed E-state index contributed by atoms with van der Waals surface area (Å²) in [5, 5.41) is 10.5. The van der Waals surface area contributed by atoms with Gasteiger partial charge in [0.25, 0.3) is 5.56 Å². The van der Waals surface area contributed by atoms with E-state index in [4.69, 9.17) is 9.72 Å². The summed E-state index contributed by atoms with van der Waals surface area (Å²) in [4.78, 5) is 17.5. The van der Waals surface area contributed by atoms with Gasteiger partial charge in [0.15, 0.2) is 5.65 Å². The van der Waals surface area contributed by atoms with Gasteiger partial charge in [0, 0.05) is 24.4 Å². The number of nitrogens with zero attached hydrogens (tertiary/aromatic N) is 3. The number of rotatable bonds is 5. The van der Waals surface area contributed by atoms with Crippen LogP contribution >= 0.6 is 0 Å². The number of H-pyrrole nitrogens is 2. The van der Waals surface area contributed by atoms with Crippen LogP contribution in [0.3, 0.4) is 0 Å². The van der Waals surface area contributed by atoms with Crippen LogP contribution in [-0.2, 0) is 11.3 Å². The Morgan fingerprint density at radius 3 is 2.59 bits per heavy atom. The summed E-state index contributed by atoms with van der Waals surface area (Å²) in [5.74, 6) is 0.316. The Labute approximate surface area is 156 Å². The molecule has 7 heteroatoms. The molecule has 0 spiro atoms. The van der Waals surface area contributed by atoms with Gasteiger partial charge in [0.2, 0.25) is 0 Å². The Balaban J connectivity index is 1.96. The molecule has 0 unspecified atom stereocenters. The average molecular weight is 363 g/mol. The Hall–Kier alpha value is -3.19. The van der Waals surface area contributed by atoms with Crippen LogP contribution in [0, 0.1) is 0 Å². The second-order valence-electron chi connectivity index (χ2n) is 6.77. The zero-order chi connectivity index (χ0) is 19.0. The maximum Gasteiger partial charge on any atom is 0.273 e. The second kappa shape index (κ2) is 6.85. The number of hydrogen-bond acceptors (Lipinski definition) is 4. The van der Waals surface area contributed by atoms with Gasteiger partial charge in [-0.1, -0.05) is 44.2 Å². The largest absolute Gasteiger partial charge is 0.378 e. The first kappa shape index (κ1) is 17.2. The van der Waals surface area contributed by atoms with Gasteiger partial charge in [-0.2, -0.15) is 5.10 Å². The monoisotopic (exact) mass is 363 g/mol. The van der Waals surface area contributed by atoms with Crippen molar-refractivity contribution in [2.24, 2.45) is 0 Å². The molecular weight excluding hydrogens is 342 g/mol. The molecule has 2 N–H and O–H groups in total. The van der Waals surface area contributed by atoms with Crippen molar-refractivity contribution in [3.05, 3.63) is 64.2 Å². The maximum absolute atomic E-state index is 12.7. The highest BCUT2D eigenvalue weighted by atomic mass is 16.5. The minimum absolute atomic E-state index is 0.191. The lowest BCUT2D eigenvalue weighted by molar-refractivity contribution is 0.181. The fourth-order valence-corrected chi connectivity index (χ4v) is 3.14. The molecule has 4 aromatic rings. The van der Waals surface area contributed by atoms with Crippen molar-refractivity contribution in [2.75, 3.05) is 7.11 Å². The molecule has 1 aromatic carbocycles. The smallest absolute Gasteiger partial charge is 0.273 e. The summed E-state index contributed by atoms with van der Waals surface area (Å²) >= 11 is 0. The lowest BCUT2D eigenvalue weighted by Gasteiger charge is -2.03. The number of aromatic amines is 2. The van der Waals surface area contributed by atoms with E-state index in [1.54, 1.807) is 7.11 Å². The SMILES string of the molecule is COCc1[nH]n2c(=O)cc(-c3cc(C(C)C)[nH]n3)nc2c1-c1ccccc1. The van der Waals surface area contributed by atoms with Crippen LogP contribution < -0.4 is 5.56 Å². The molecule has 138 valence electrons. The highest BCUT2D eigenvalue weighted by Crippen LogP contribution is 2.28. The zero-order valence-corrected chi connectivity index (χ0v) is 15.5. The number of nitrogens with one attached hydrogen (secondary N) is 2. The van der Waals surface area contributed by atoms with E-state index >= 15 is 0 Å². The third kappa shape index (κ3) is 3.06.